The van der Waals surface area contributed by atoms with Crippen LogP contribution in [0.15, 0.2) is 24.8 Å². The monoisotopic (exact) mass is 155 g/mol. The second-order valence-corrected chi connectivity index (χ2v) is 2.16. The molecule has 0 atom stereocenters. The van der Waals surface area contributed by atoms with Crippen LogP contribution in [0.1, 0.15) is 6.42 Å². The maximum atomic E-state index is 10.2. The van der Waals surface area contributed by atoms with Crippen molar-refractivity contribution in [3.8, 4) is 0 Å². The van der Waals surface area contributed by atoms with Crippen molar-refractivity contribution in [1.29, 1.82) is 0 Å². The lowest BCUT2D eigenvalue weighted by Gasteiger charge is -2.00. The molecule has 3 heteroatoms. The molecule has 0 aliphatic heterocycles. The van der Waals surface area contributed by atoms with Crippen LogP contribution in [-0.4, -0.2) is 24.2 Å². The molecule has 3 nitrogen and oxygen atoms in total. The van der Waals surface area contributed by atoms with Crippen LogP contribution >= 0.6 is 0 Å². The van der Waals surface area contributed by atoms with Gasteiger partial charge in [-0.25, -0.2) is 4.79 Å². The molecular formula is C8H13NO2. The van der Waals surface area contributed by atoms with Crippen LogP contribution < -0.4 is 5.32 Å². The molecule has 0 radical (unpaired) electrons. The predicted octanol–water partition coefficient (Wildman–Crippen LogP) is 0.793. The molecule has 0 unspecified atom stereocenters. The molecule has 11 heavy (non-hydrogen) atoms. The van der Waals surface area contributed by atoms with E-state index in [1.54, 1.807) is 6.08 Å². The highest BCUT2D eigenvalue weighted by atomic mass is 16.4. The van der Waals surface area contributed by atoms with Gasteiger partial charge in [0.05, 0.1) is 0 Å². The third-order valence-corrected chi connectivity index (χ3v) is 1.17. The number of carboxylic acids is 1. The lowest BCUT2D eigenvalue weighted by molar-refractivity contribution is -0.132. The summed E-state index contributed by atoms with van der Waals surface area (Å²) in [5, 5.41) is 11.3. The van der Waals surface area contributed by atoms with Crippen molar-refractivity contribution in [3.05, 3.63) is 24.8 Å². The highest BCUT2D eigenvalue weighted by molar-refractivity contribution is 5.86. The molecule has 0 saturated heterocycles. The van der Waals surface area contributed by atoms with E-state index in [1.165, 1.54) is 0 Å². The molecular weight excluding hydrogens is 142 g/mol. The fourth-order valence-electron chi connectivity index (χ4n) is 0.519. The summed E-state index contributed by atoms with van der Waals surface area (Å²) < 4.78 is 0. The summed E-state index contributed by atoms with van der Waals surface area (Å²) in [5.74, 6) is -0.948. The van der Waals surface area contributed by atoms with E-state index in [1.807, 2.05) is 0 Å². The number of hydrogen-bond acceptors (Lipinski definition) is 2. The third-order valence-electron chi connectivity index (χ3n) is 1.17. The van der Waals surface area contributed by atoms with Crippen molar-refractivity contribution < 1.29 is 9.90 Å². The summed E-state index contributed by atoms with van der Waals surface area (Å²) in [5.41, 5.74) is 0.189. The first-order valence-corrected chi connectivity index (χ1v) is 3.41. The number of rotatable bonds is 6. The molecule has 0 fully saturated rings. The van der Waals surface area contributed by atoms with E-state index >= 15 is 0 Å². The number of carbonyl (C=O) groups is 1. The van der Waals surface area contributed by atoms with Crippen molar-refractivity contribution in [1.82, 2.24) is 5.32 Å². The summed E-state index contributed by atoms with van der Waals surface area (Å²) in [4.78, 5) is 10.2. The van der Waals surface area contributed by atoms with Gasteiger partial charge in [0.25, 0.3) is 0 Å². The van der Waals surface area contributed by atoms with Gasteiger partial charge in [0.2, 0.25) is 0 Å². The normalized spacial score (nSPS) is 9.09. The van der Waals surface area contributed by atoms with Gasteiger partial charge in [-0.1, -0.05) is 12.7 Å². The third kappa shape index (κ3) is 5.36. The van der Waals surface area contributed by atoms with Gasteiger partial charge in [0, 0.05) is 12.1 Å². The first-order valence-electron chi connectivity index (χ1n) is 3.41. The summed E-state index contributed by atoms with van der Waals surface area (Å²) in [6, 6.07) is 0. The number of aliphatic carboxylic acids is 1. The fourth-order valence-corrected chi connectivity index (χ4v) is 0.519. The second-order valence-electron chi connectivity index (χ2n) is 2.16. The summed E-state index contributed by atoms with van der Waals surface area (Å²) in [7, 11) is 0. The summed E-state index contributed by atoms with van der Waals surface area (Å²) in [6.45, 7) is 7.98. The average molecular weight is 155 g/mol. The number of hydrogen-bond donors (Lipinski definition) is 2. The van der Waals surface area contributed by atoms with Gasteiger partial charge in [-0.15, -0.1) is 6.58 Å². The maximum Gasteiger partial charge on any atom is 0.332 e. The van der Waals surface area contributed by atoms with Gasteiger partial charge in [-0.3, -0.25) is 0 Å². The predicted molar refractivity (Wildman–Crippen MR) is 44.5 cm³/mol. The van der Waals surface area contributed by atoms with Crippen LogP contribution in [0.25, 0.3) is 0 Å². The zero-order chi connectivity index (χ0) is 8.69. The van der Waals surface area contributed by atoms with Crippen molar-refractivity contribution in [2.45, 2.75) is 6.42 Å². The SMILES string of the molecule is C=CCCNCC(=C)C(=O)O. The Balaban J connectivity index is 3.31. The molecule has 0 aromatic carbocycles. The molecule has 0 spiro atoms. The quantitative estimate of drug-likeness (QED) is 0.339. The minimum Gasteiger partial charge on any atom is -0.478 e. The average Bonchev–Trinajstić information content (AvgIpc) is 1.97. The van der Waals surface area contributed by atoms with Crippen molar-refractivity contribution >= 4 is 5.97 Å². The van der Waals surface area contributed by atoms with Gasteiger partial charge in [-0.2, -0.15) is 0 Å². The molecule has 0 aromatic heterocycles. The van der Waals surface area contributed by atoms with Crippen LogP contribution in [0.5, 0.6) is 0 Å². The summed E-state index contributed by atoms with van der Waals surface area (Å²) in [6.07, 6.45) is 2.61. The van der Waals surface area contributed by atoms with E-state index in [0.717, 1.165) is 13.0 Å². The van der Waals surface area contributed by atoms with Crippen LogP contribution in [0.3, 0.4) is 0 Å². The molecule has 0 aliphatic rings. The van der Waals surface area contributed by atoms with Gasteiger partial charge in [0.1, 0.15) is 0 Å². The topological polar surface area (TPSA) is 49.3 Å². The number of carboxylic acid groups (broad SMARTS) is 1. The largest absolute Gasteiger partial charge is 0.478 e. The van der Waals surface area contributed by atoms with Crippen LogP contribution in [0.4, 0.5) is 0 Å². The van der Waals surface area contributed by atoms with Crippen molar-refractivity contribution in [2.24, 2.45) is 0 Å². The molecule has 2 N–H and O–H groups in total. The van der Waals surface area contributed by atoms with Gasteiger partial charge >= 0.3 is 5.97 Å². The van der Waals surface area contributed by atoms with Crippen LogP contribution in [0, 0.1) is 0 Å². The Morgan fingerprint density at radius 1 is 1.64 bits per heavy atom. The highest BCUT2D eigenvalue weighted by Gasteiger charge is 2.00. The maximum absolute atomic E-state index is 10.2. The molecule has 0 aliphatic carbocycles. The van der Waals surface area contributed by atoms with E-state index < -0.39 is 5.97 Å². The Morgan fingerprint density at radius 3 is 2.73 bits per heavy atom. The van der Waals surface area contributed by atoms with Gasteiger partial charge in [0.15, 0.2) is 0 Å². The summed E-state index contributed by atoms with van der Waals surface area (Å²) >= 11 is 0. The van der Waals surface area contributed by atoms with E-state index in [9.17, 15) is 4.79 Å². The fraction of sp³-hybridized carbons (Fsp3) is 0.375. The molecule has 0 amide bonds. The smallest absolute Gasteiger partial charge is 0.332 e. The van der Waals surface area contributed by atoms with E-state index in [0.29, 0.717) is 6.54 Å². The van der Waals surface area contributed by atoms with Crippen LogP contribution in [0.2, 0.25) is 0 Å². The zero-order valence-corrected chi connectivity index (χ0v) is 6.47. The molecule has 0 saturated carbocycles. The van der Waals surface area contributed by atoms with Crippen molar-refractivity contribution in [2.75, 3.05) is 13.1 Å². The lowest BCUT2D eigenvalue weighted by atomic mass is 10.3. The van der Waals surface area contributed by atoms with Gasteiger partial charge < -0.3 is 10.4 Å². The number of nitrogens with one attached hydrogen (secondary N) is 1. The molecule has 0 rings (SSSR count). The van der Waals surface area contributed by atoms with E-state index in [2.05, 4.69) is 18.5 Å². The Morgan fingerprint density at radius 2 is 2.27 bits per heavy atom. The Bertz CT molecular complexity index is 163. The second kappa shape index (κ2) is 5.68. The molecule has 0 heterocycles. The highest BCUT2D eigenvalue weighted by Crippen LogP contribution is 1.86. The first kappa shape index (κ1) is 9.91. The van der Waals surface area contributed by atoms with E-state index in [4.69, 9.17) is 5.11 Å². The zero-order valence-electron chi connectivity index (χ0n) is 6.47. The minimum atomic E-state index is -0.948. The first-order chi connectivity index (χ1) is 5.18. The van der Waals surface area contributed by atoms with Crippen molar-refractivity contribution in [3.63, 3.8) is 0 Å². The molecule has 0 aromatic rings. The van der Waals surface area contributed by atoms with E-state index in [-0.39, 0.29) is 5.57 Å². The molecule has 0 bridgehead atoms. The minimum absolute atomic E-state index is 0.189. The Labute approximate surface area is 66.4 Å². The lowest BCUT2D eigenvalue weighted by Crippen LogP contribution is -2.20. The van der Waals surface area contributed by atoms with Crippen LogP contribution in [-0.2, 0) is 4.79 Å². The Hall–Kier alpha value is -1.09. The standard InChI is InChI=1S/C8H13NO2/c1-3-4-5-9-6-7(2)8(10)11/h3,9H,1-2,4-6H2,(H,10,11). The Kier molecular flexibility index (Phi) is 5.11. The molecule has 62 valence electrons. The van der Waals surface area contributed by atoms with Gasteiger partial charge in [-0.05, 0) is 13.0 Å².